The van der Waals surface area contributed by atoms with E-state index < -0.39 is 41.6 Å². The molecule has 49 heavy (non-hydrogen) atoms. The summed E-state index contributed by atoms with van der Waals surface area (Å²) in [5, 5.41) is 23.4. The number of rotatable bonds is 5. The van der Waals surface area contributed by atoms with E-state index in [1.54, 1.807) is 13.0 Å². The zero-order valence-corrected chi connectivity index (χ0v) is 30.0. The van der Waals surface area contributed by atoms with Gasteiger partial charge in [-0.15, -0.1) is 0 Å². The van der Waals surface area contributed by atoms with E-state index >= 15 is 0 Å². The van der Waals surface area contributed by atoms with E-state index in [-0.39, 0.29) is 36.8 Å². The van der Waals surface area contributed by atoms with Gasteiger partial charge in [0.1, 0.15) is 29.8 Å². The fourth-order valence-corrected chi connectivity index (χ4v) is 8.58. The quantitative estimate of drug-likeness (QED) is 0.262. The lowest BCUT2D eigenvalue weighted by Crippen LogP contribution is -2.58. The van der Waals surface area contributed by atoms with Crippen LogP contribution in [-0.2, 0) is 28.5 Å². The van der Waals surface area contributed by atoms with E-state index in [1.165, 1.54) is 5.56 Å². The summed E-state index contributed by atoms with van der Waals surface area (Å²) in [6.07, 6.45) is 11.0. The van der Waals surface area contributed by atoms with Crippen LogP contribution in [-0.4, -0.2) is 77.4 Å². The number of carbonyl (C=O) groups is 1. The number of hydrogen-bond acceptors (Lipinski definition) is 8. The molecule has 2 bridgehead atoms. The van der Waals surface area contributed by atoms with Gasteiger partial charge in [-0.2, -0.15) is 0 Å². The number of hydrogen-bond donors (Lipinski definition) is 2. The maximum atomic E-state index is 14.1. The number of allylic oxidation sites excluding steroid dienone is 2. The molecule has 0 amide bonds. The van der Waals surface area contributed by atoms with Crippen molar-refractivity contribution in [3.8, 4) is 0 Å². The van der Waals surface area contributed by atoms with Gasteiger partial charge in [-0.25, -0.2) is 0 Å². The summed E-state index contributed by atoms with van der Waals surface area (Å²) in [6.45, 7) is 13.2. The normalized spacial score (nSPS) is 43.3. The van der Waals surface area contributed by atoms with Crippen molar-refractivity contribution in [3.63, 3.8) is 0 Å². The third-order valence-corrected chi connectivity index (χ3v) is 11.6. The number of carbonyl (C=O) groups excluding carboxylic acids is 1. The predicted molar refractivity (Wildman–Crippen MR) is 188 cm³/mol. The molecule has 3 saturated heterocycles. The first-order valence-electron chi connectivity index (χ1n) is 18.4. The average molecular weight is 677 g/mol. The lowest BCUT2D eigenvalue weighted by molar-refractivity contribution is -0.335. The minimum Gasteiger partial charge on any atom is -0.462 e. The van der Waals surface area contributed by atoms with Gasteiger partial charge in [0.25, 0.3) is 0 Å². The van der Waals surface area contributed by atoms with Crippen molar-refractivity contribution in [3.05, 3.63) is 83.0 Å². The van der Waals surface area contributed by atoms with E-state index in [1.807, 2.05) is 18.2 Å². The minimum absolute atomic E-state index is 0.00330. The molecule has 8 nitrogen and oxygen atoms in total. The molecular weight excluding hydrogens is 620 g/mol. The predicted octanol–water partition coefficient (Wildman–Crippen LogP) is 6.72. The van der Waals surface area contributed by atoms with E-state index in [0.29, 0.717) is 42.9 Å². The third-order valence-electron chi connectivity index (χ3n) is 11.6. The maximum Gasteiger partial charge on any atom is 0.316 e. The van der Waals surface area contributed by atoms with Crippen LogP contribution >= 0.6 is 0 Å². The van der Waals surface area contributed by atoms with Gasteiger partial charge in [0.15, 0.2) is 5.79 Å². The van der Waals surface area contributed by atoms with Crippen LogP contribution in [0.4, 0.5) is 0 Å². The van der Waals surface area contributed by atoms with Gasteiger partial charge in [0.2, 0.25) is 0 Å². The molecule has 1 unspecified atom stereocenters. The Labute approximate surface area is 292 Å². The molecule has 1 spiro atoms. The Bertz CT molecular complexity index is 1450. The van der Waals surface area contributed by atoms with E-state index in [9.17, 15) is 15.0 Å². The first-order valence-corrected chi connectivity index (χ1v) is 18.4. The Morgan fingerprint density at radius 1 is 1.08 bits per heavy atom. The Morgan fingerprint density at radius 3 is 2.61 bits per heavy atom. The summed E-state index contributed by atoms with van der Waals surface area (Å²) < 4.78 is 32.6. The number of ether oxygens (including phenoxy) is 5. The van der Waals surface area contributed by atoms with Crippen molar-refractivity contribution in [2.24, 2.45) is 17.8 Å². The van der Waals surface area contributed by atoms with Crippen molar-refractivity contribution in [2.75, 3.05) is 13.2 Å². The highest BCUT2D eigenvalue weighted by Crippen LogP contribution is 2.47. The molecule has 0 radical (unpaired) electrons. The minimum atomic E-state index is -1.75. The van der Waals surface area contributed by atoms with Gasteiger partial charge in [0.05, 0.1) is 31.5 Å². The van der Waals surface area contributed by atoms with Crippen LogP contribution in [0.3, 0.4) is 0 Å². The molecule has 2 N–H and O–H groups in total. The van der Waals surface area contributed by atoms with Gasteiger partial charge in [-0.05, 0) is 61.3 Å². The standard InChI is InChI=1S/C41H56O8/c1-7-35-25(2)18-19-40(49-35)22-33-21-32(48-40)17-16-27(4)37(45-23-29(6)30-13-9-8-10-14-30)26(3)12-11-15-31-24-46-38-36(42)28(5)20-34(39(43)47-33)41(31,38)44/h8-16,20,25-26,29,32-38,42,44H,7,17-19,21-24H2,1-6H3/b12-11+,27-16+,31-15+/t25-,26-,29?,32+,33-,34-,35+,36+,37+,38-,40+,41+/m0/s1. The summed E-state index contributed by atoms with van der Waals surface area (Å²) in [5.74, 6) is -1.77. The fraction of sp³-hybridized carbons (Fsp3) is 0.634. The zero-order chi connectivity index (χ0) is 34.9. The summed E-state index contributed by atoms with van der Waals surface area (Å²) in [5.41, 5.74) is 1.72. The van der Waals surface area contributed by atoms with Crippen LogP contribution in [0.2, 0.25) is 0 Å². The second kappa shape index (κ2) is 14.9. The van der Waals surface area contributed by atoms with E-state index in [2.05, 4.69) is 71.0 Å². The smallest absolute Gasteiger partial charge is 0.316 e. The Balaban J connectivity index is 1.36. The molecule has 5 aliphatic rings. The van der Waals surface area contributed by atoms with Crippen LogP contribution < -0.4 is 0 Å². The number of aliphatic hydroxyl groups excluding tert-OH is 1. The first-order chi connectivity index (χ1) is 23.4. The van der Waals surface area contributed by atoms with Gasteiger partial charge in [-0.3, -0.25) is 4.79 Å². The molecule has 4 aliphatic heterocycles. The number of benzene rings is 1. The maximum absolute atomic E-state index is 14.1. The van der Waals surface area contributed by atoms with Crippen LogP contribution in [0.5, 0.6) is 0 Å². The van der Waals surface area contributed by atoms with Crippen LogP contribution in [0.25, 0.3) is 0 Å². The topological polar surface area (TPSA) is 104 Å². The molecular formula is C41H56O8. The lowest BCUT2D eigenvalue weighted by atomic mass is 9.71. The summed E-state index contributed by atoms with van der Waals surface area (Å²) >= 11 is 0. The lowest BCUT2D eigenvalue weighted by Gasteiger charge is -2.50. The molecule has 12 atom stereocenters. The van der Waals surface area contributed by atoms with E-state index in [4.69, 9.17) is 23.7 Å². The number of esters is 1. The Hall–Kier alpha value is -2.59. The Kier molecular flexibility index (Phi) is 11.0. The zero-order valence-electron chi connectivity index (χ0n) is 30.0. The number of fused-ring (bicyclic) bond motifs is 2. The van der Waals surface area contributed by atoms with E-state index in [0.717, 1.165) is 24.8 Å². The van der Waals surface area contributed by atoms with Crippen molar-refractivity contribution in [1.82, 2.24) is 0 Å². The first kappa shape index (κ1) is 36.2. The highest BCUT2D eigenvalue weighted by Gasteiger charge is 2.60. The summed E-state index contributed by atoms with van der Waals surface area (Å²) in [7, 11) is 0. The molecule has 1 aromatic carbocycles. The monoisotopic (exact) mass is 676 g/mol. The summed E-state index contributed by atoms with van der Waals surface area (Å²) in [6, 6.07) is 10.4. The highest BCUT2D eigenvalue weighted by molar-refractivity contribution is 5.78. The largest absolute Gasteiger partial charge is 0.462 e. The highest BCUT2D eigenvalue weighted by atomic mass is 16.7. The summed E-state index contributed by atoms with van der Waals surface area (Å²) in [4.78, 5) is 14.1. The molecule has 0 aromatic heterocycles. The molecule has 1 aromatic rings. The van der Waals surface area contributed by atoms with Crippen molar-refractivity contribution in [2.45, 2.75) is 134 Å². The van der Waals surface area contributed by atoms with Crippen molar-refractivity contribution < 1.29 is 38.7 Å². The molecule has 8 heteroatoms. The molecule has 0 saturated carbocycles. The average Bonchev–Trinajstić information content (AvgIpc) is 3.43. The molecule has 4 heterocycles. The van der Waals surface area contributed by atoms with Gasteiger partial charge in [-0.1, -0.05) is 88.4 Å². The van der Waals surface area contributed by atoms with Gasteiger partial charge in [0, 0.05) is 31.1 Å². The molecule has 1 aliphatic carbocycles. The van der Waals surface area contributed by atoms with Crippen molar-refractivity contribution in [1.29, 1.82) is 0 Å². The second-order valence-corrected chi connectivity index (χ2v) is 15.3. The van der Waals surface area contributed by atoms with Crippen LogP contribution in [0, 0.1) is 17.8 Å². The van der Waals surface area contributed by atoms with Crippen molar-refractivity contribution >= 4 is 5.97 Å². The SMILES string of the molecule is CC[C@H]1O[C@]2(CC[C@@H]1C)C[C@@H]1C[C@@H](C/C=C(\C)[C@H](OCC(C)c3ccccc3)[C@@H](C)/C=C/C=C3\CO[C@H]4[C@H](O)C(C)=C[C@@H](C(=O)O1)[C@]34O)O2. The van der Waals surface area contributed by atoms with Gasteiger partial charge < -0.3 is 33.9 Å². The molecule has 268 valence electrons. The number of aliphatic hydroxyl groups is 2. The third kappa shape index (κ3) is 7.42. The van der Waals surface area contributed by atoms with Crippen LogP contribution in [0.15, 0.2) is 77.4 Å². The van der Waals surface area contributed by atoms with Crippen LogP contribution in [0.1, 0.15) is 91.5 Å². The Morgan fingerprint density at radius 2 is 1.86 bits per heavy atom. The second-order valence-electron chi connectivity index (χ2n) is 15.3. The van der Waals surface area contributed by atoms with Gasteiger partial charge >= 0.3 is 5.97 Å². The molecule has 6 rings (SSSR count). The molecule has 3 fully saturated rings. The fourth-order valence-electron chi connectivity index (χ4n) is 8.58.